The van der Waals surface area contributed by atoms with E-state index in [1.165, 1.54) is 0 Å². The van der Waals surface area contributed by atoms with Crippen molar-refractivity contribution >= 4 is 11.8 Å². The van der Waals surface area contributed by atoms with E-state index in [9.17, 15) is 9.59 Å². The standard InChI is InChI=1S/C9H15N3O2/c10-2-4-12-3-1-6-7(5-12)9(14)11-8(6)13/h6-7H,1-5,10H2,(H,11,13,14)/t6-,7+/m1/s1. The normalized spacial score (nSPS) is 32.9. The number of nitrogens with zero attached hydrogens (tertiary/aromatic N) is 1. The third-order valence-corrected chi connectivity index (χ3v) is 3.06. The summed E-state index contributed by atoms with van der Waals surface area (Å²) in [6.45, 7) is 2.97. The number of hydrogen-bond acceptors (Lipinski definition) is 4. The molecule has 2 atom stereocenters. The summed E-state index contributed by atoms with van der Waals surface area (Å²) >= 11 is 0. The number of carbonyl (C=O) groups is 2. The van der Waals surface area contributed by atoms with Gasteiger partial charge in [0.25, 0.3) is 0 Å². The summed E-state index contributed by atoms with van der Waals surface area (Å²) in [4.78, 5) is 24.8. The molecule has 0 saturated carbocycles. The van der Waals surface area contributed by atoms with Crippen LogP contribution in [0.3, 0.4) is 0 Å². The summed E-state index contributed by atoms with van der Waals surface area (Å²) in [5, 5.41) is 2.39. The zero-order valence-electron chi connectivity index (χ0n) is 8.03. The molecule has 0 unspecified atom stereocenters. The van der Waals surface area contributed by atoms with Crippen LogP contribution in [0.25, 0.3) is 0 Å². The number of piperidine rings is 1. The number of imide groups is 1. The highest BCUT2D eigenvalue weighted by atomic mass is 16.2. The minimum absolute atomic E-state index is 0.0866. The Morgan fingerprint density at radius 3 is 2.79 bits per heavy atom. The number of carbonyl (C=O) groups excluding carboxylic acids is 2. The summed E-state index contributed by atoms with van der Waals surface area (Å²) in [7, 11) is 0. The van der Waals surface area contributed by atoms with Crippen molar-refractivity contribution in [3.8, 4) is 0 Å². The monoisotopic (exact) mass is 197 g/mol. The largest absolute Gasteiger partial charge is 0.329 e. The maximum absolute atomic E-state index is 11.4. The molecule has 0 aliphatic carbocycles. The predicted octanol–water partition coefficient (Wildman–Crippen LogP) is -1.46. The van der Waals surface area contributed by atoms with Gasteiger partial charge in [0, 0.05) is 19.6 Å². The van der Waals surface area contributed by atoms with Crippen LogP contribution in [0.15, 0.2) is 0 Å². The van der Waals surface area contributed by atoms with Crippen molar-refractivity contribution in [1.82, 2.24) is 10.2 Å². The molecule has 14 heavy (non-hydrogen) atoms. The van der Waals surface area contributed by atoms with Gasteiger partial charge in [-0.3, -0.25) is 14.9 Å². The predicted molar refractivity (Wildman–Crippen MR) is 50.2 cm³/mol. The van der Waals surface area contributed by atoms with Crippen molar-refractivity contribution in [1.29, 1.82) is 0 Å². The van der Waals surface area contributed by atoms with Crippen LogP contribution in [0.2, 0.25) is 0 Å². The Labute approximate surface area is 82.6 Å². The van der Waals surface area contributed by atoms with Gasteiger partial charge in [-0.2, -0.15) is 0 Å². The highest BCUT2D eigenvalue weighted by molar-refractivity contribution is 6.05. The van der Waals surface area contributed by atoms with Crippen LogP contribution in [0.4, 0.5) is 0 Å². The summed E-state index contributed by atoms with van der Waals surface area (Å²) < 4.78 is 0. The first-order valence-electron chi connectivity index (χ1n) is 4.99. The molecule has 78 valence electrons. The first kappa shape index (κ1) is 9.61. The lowest BCUT2D eigenvalue weighted by Crippen LogP contribution is -2.43. The van der Waals surface area contributed by atoms with Crippen molar-refractivity contribution in [3.05, 3.63) is 0 Å². The van der Waals surface area contributed by atoms with E-state index in [0.29, 0.717) is 13.1 Å². The van der Waals surface area contributed by atoms with Crippen molar-refractivity contribution in [3.63, 3.8) is 0 Å². The molecule has 0 aromatic carbocycles. The van der Waals surface area contributed by atoms with Crippen molar-refractivity contribution in [2.45, 2.75) is 6.42 Å². The summed E-state index contributed by atoms with van der Waals surface area (Å²) in [6, 6.07) is 0. The van der Waals surface area contributed by atoms with Crippen molar-refractivity contribution < 1.29 is 9.59 Å². The Bertz CT molecular complexity index is 267. The molecule has 5 heteroatoms. The van der Waals surface area contributed by atoms with Crippen LogP contribution in [0.1, 0.15) is 6.42 Å². The smallest absolute Gasteiger partial charge is 0.231 e. The third kappa shape index (κ3) is 1.53. The second kappa shape index (κ2) is 3.67. The van der Waals surface area contributed by atoms with Crippen molar-refractivity contribution in [2.24, 2.45) is 17.6 Å². The van der Waals surface area contributed by atoms with Gasteiger partial charge in [-0.25, -0.2) is 0 Å². The topological polar surface area (TPSA) is 75.4 Å². The molecule has 2 heterocycles. The van der Waals surface area contributed by atoms with E-state index in [1.807, 2.05) is 0 Å². The first-order valence-corrected chi connectivity index (χ1v) is 4.99. The Morgan fingerprint density at radius 1 is 1.36 bits per heavy atom. The van der Waals surface area contributed by atoms with Crippen LogP contribution < -0.4 is 11.1 Å². The molecule has 0 spiro atoms. The number of amides is 2. The zero-order valence-corrected chi connectivity index (χ0v) is 8.03. The molecule has 3 N–H and O–H groups in total. The fraction of sp³-hybridized carbons (Fsp3) is 0.778. The van der Waals surface area contributed by atoms with E-state index >= 15 is 0 Å². The Balaban J connectivity index is 2.02. The van der Waals surface area contributed by atoms with Crippen LogP contribution in [-0.4, -0.2) is 42.9 Å². The first-order chi connectivity index (χ1) is 6.72. The van der Waals surface area contributed by atoms with Gasteiger partial charge in [0.15, 0.2) is 0 Å². The van der Waals surface area contributed by atoms with E-state index in [2.05, 4.69) is 10.2 Å². The van der Waals surface area contributed by atoms with E-state index in [1.54, 1.807) is 0 Å². The van der Waals surface area contributed by atoms with Gasteiger partial charge >= 0.3 is 0 Å². The zero-order chi connectivity index (χ0) is 10.1. The number of fused-ring (bicyclic) bond motifs is 1. The van der Waals surface area contributed by atoms with Gasteiger partial charge in [-0.1, -0.05) is 0 Å². The Morgan fingerprint density at radius 2 is 2.07 bits per heavy atom. The second-order valence-corrected chi connectivity index (χ2v) is 3.94. The maximum atomic E-state index is 11.4. The van der Waals surface area contributed by atoms with Gasteiger partial charge in [-0.05, 0) is 13.0 Å². The molecule has 2 aliphatic heterocycles. The van der Waals surface area contributed by atoms with Gasteiger partial charge < -0.3 is 10.6 Å². The number of nitrogens with one attached hydrogen (secondary N) is 1. The van der Waals surface area contributed by atoms with Crippen molar-refractivity contribution in [2.75, 3.05) is 26.2 Å². The highest BCUT2D eigenvalue weighted by Crippen LogP contribution is 2.27. The van der Waals surface area contributed by atoms with E-state index in [0.717, 1.165) is 19.5 Å². The summed E-state index contributed by atoms with van der Waals surface area (Å²) in [5.41, 5.74) is 5.45. The molecular formula is C9H15N3O2. The minimum Gasteiger partial charge on any atom is -0.329 e. The highest BCUT2D eigenvalue weighted by Gasteiger charge is 2.44. The lowest BCUT2D eigenvalue weighted by Gasteiger charge is -2.31. The van der Waals surface area contributed by atoms with E-state index in [4.69, 9.17) is 5.73 Å². The average molecular weight is 197 g/mol. The third-order valence-electron chi connectivity index (χ3n) is 3.06. The second-order valence-electron chi connectivity index (χ2n) is 3.94. The molecule has 2 aliphatic rings. The molecule has 0 aromatic rings. The Hall–Kier alpha value is -0.940. The minimum atomic E-state index is -0.136. The molecule has 2 saturated heterocycles. The molecule has 5 nitrogen and oxygen atoms in total. The van der Waals surface area contributed by atoms with Gasteiger partial charge in [-0.15, -0.1) is 0 Å². The summed E-state index contributed by atoms with van der Waals surface area (Å²) in [6.07, 6.45) is 0.780. The van der Waals surface area contributed by atoms with Crippen LogP contribution in [0, 0.1) is 11.8 Å². The molecule has 2 amide bonds. The van der Waals surface area contributed by atoms with Gasteiger partial charge in [0.1, 0.15) is 0 Å². The van der Waals surface area contributed by atoms with E-state index < -0.39 is 0 Å². The van der Waals surface area contributed by atoms with Crippen LogP contribution >= 0.6 is 0 Å². The molecule has 2 fully saturated rings. The Kier molecular flexibility index (Phi) is 2.52. The van der Waals surface area contributed by atoms with Crippen LogP contribution in [-0.2, 0) is 9.59 Å². The molecule has 0 aromatic heterocycles. The molecular weight excluding hydrogens is 182 g/mol. The molecule has 0 bridgehead atoms. The number of nitrogens with two attached hydrogens (primary N) is 1. The SMILES string of the molecule is NCCN1CC[C@H]2C(=O)NC(=O)[C@H]2C1. The van der Waals surface area contributed by atoms with Crippen LogP contribution in [0.5, 0.6) is 0 Å². The van der Waals surface area contributed by atoms with E-state index in [-0.39, 0.29) is 23.7 Å². The lowest BCUT2D eigenvalue weighted by molar-refractivity contribution is -0.126. The number of hydrogen-bond donors (Lipinski definition) is 2. The number of rotatable bonds is 2. The maximum Gasteiger partial charge on any atom is 0.231 e. The number of likely N-dealkylation sites (tertiary alicyclic amines) is 1. The van der Waals surface area contributed by atoms with Gasteiger partial charge in [0.2, 0.25) is 11.8 Å². The lowest BCUT2D eigenvalue weighted by atomic mass is 9.88. The average Bonchev–Trinajstić information content (AvgIpc) is 2.43. The fourth-order valence-corrected chi connectivity index (χ4v) is 2.29. The quantitative estimate of drug-likeness (QED) is 0.530. The molecule has 2 rings (SSSR count). The fourth-order valence-electron chi connectivity index (χ4n) is 2.29. The van der Waals surface area contributed by atoms with Gasteiger partial charge in [0.05, 0.1) is 11.8 Å². The summed E-state index contributed by atoms with van der Waals surface area (Å²) in [5.74, 6) is -0.423. The molecule has 0 radical (unpaired) electrons.